The second kappa shape index (κ2) is 15.5. The molecule has 0 radical (unpaired) electrons. The molecule has 3 aromatic carbocycles. The quantitative estimate of drug-likeness (QED) is 0.244. The fraction of sp³-hybridized carbons (Fsp3) is 0.432. The predicted octanol–water partition coefficient (Wildman–Crippen LogP) is 4.72. The Labute approximate surface area is 286 Å². The molecule has 0 aliphatic carbocycles. The zero-order valence-corrected chi connectivity index (χ0v) is 28.4. The Morgan fingerprint density at radius 3 is 2.40 bits per heavy atom. The minimum atomic E-state index is -0.123. The lowest BCUT2D eigenvalue weighted by atomic mass is 9.89. The van der Waals surface area contributed by atoms with Crippen molar-refractivity contribution in [1.82, 2.24) is 24.3 Å². The van der Waals surface area contributed by atoms with Crippen molar-refractivity contribution >= 4 is 28.4 Å². The Bertz CT molecular complexity index is 1760. The summed E-state index contributed by atoms with van der Waals surface area (Å²) in [5.74, 6) is 2.14. The van der Waals surface area contributed by atoms with Gasteiger partial charge in [-0.3, -0.25) is 19.1 Å². The van der Waals surface area contributed by atoms with E-state index in [9.17, 15) is 14.7 Å². The van der Waals surface area contributed by atoms with E-state index in [2.05, 4.69) is 15.9 Å². The summed E-state index contributed by atoms with van der Waals surface area (Å²) < 4.78 is 13.6. The Morgan fingerprint density at radius 2 is 1.69 bits per heavy atom. The molecule has 4 aromatic rings. The molecule has 2 fully saturated rings. The second-order valence-electron chi connectivity index (χ2n) is 12.8. The van der Waals surface area contributed by atoms with Gasteiger partial charge < -0.3 is 24.4 Å². The first-order valence-electron chi connectivity index (χ1n) is 16.8. The molecule has 0 bridgehead atoms. The van der Waals surface area contributed by atoms with E-state index < -0.39 is 0 Å². The normalized spacial score (nSPS) is 16.5. The summed E-state index contributed by atoms with van der Waals surface area (Å²) in [5, 5.41) is 10.5. The number of benzene rings is 3. The lowest BCUT2D eigenvalue weighted by Gasteiger charge is -2.34. The highest BCUT2D eigenvalue weighted by Crippen LogP contribution is 2.30. The molecule has 0 saturated carbocycles. The van der Waals surface area contributed by atoms with Gasteiger partial charge in [-0.05, 0) is 99.8 Å². The Morgan fingerprint density at radius 1 is 0.958 bits per heavy atom. The Hall–Kier alpha value is -3.96. The summed E-state index contributed by atoms with van der Waals surface area (Å²) in [5.41, 5.74) is 2.36. The number of aliphatic hydroxyl groups is 1. The van der Waals surface area contributed by atoms with E-state index in [0.29, 0.717) is 84.1 Å². The maximum absolute atomic E-state index is 14.5. The van der Waals surface area contributed by atoms with Crippen LogP contribution in [0.25, 0.3) is 16.6 Å². The van der Waals surface area contributed by atoms with E-state index in [0.717, 1.165) is 31.5 Å². The first kappa shape index (κ1) is 33.9. The van der Waals surface area contributed by atoms with Crippen LogP contribution >= 0.6 is 11.6 Å². The number of hydrogen-bond acceptors (Lipinski definition) is 8. The molecular weight excluding hydrogens is 630 g/mol. The van der Waals surface area contributed by atoms with Crippen molar-refractivity contribution in [2.24, 2.45) is 0 Å². The molecule has 0 spiro atoms. The van der Waals surface area contributed by atoms with Crippen molar-refractivity contribution in [2.75, 3.05) is 59.0 Å². The number of aliphatic hydroxyl groups excluding tert-OH is 1. The van der Waals surface area contributed by atoms with E-state index in [1.54, 1.807) is 28.8 Å². The summed E-state index contributed by atoms with van der Waals surface area (Å²) in [4.78, 5) is 38.8. The smallest absolute Gasteiger partial charge is 0.266 e. The van der Waals surface area contributed by atoms with Gasteiger partial charge in [0.05, 0.1) is 35.8 Å². The molecule has 254 valence electrons. The van der Waals surface area contributed by atoms with Gasteiger partial charge in [0.2, 0.25) is 0 Å². The summed E-state index contributed by atoms with van der Waals surface area (Å²) in [7, 11) is 0. The van der Waals surface area contributed by atoms with Crippen LogP contribution in [0.15, 0.2) is 71.5 Å². The molecule has 1 N–H and O–H groups in total. The van der Waals surface area contributed by atoms with Crippen LogP contribution in [0.1, 0.15) is 44.0 Å². The number of amides is 1. The summed E-state index contributed by atoms with van der Waals surface area (Å²) in [6, 6.07) is 20.7. The van der Waals surface area contributed by atoms with Gasteiger partial charge in [0, 0.05) is 37.7 Å². The lowest BCUT2D eigenvalue weighted by Crippen LogP contribution is -2.50. The van der Waals surface area contributed by atoms with Crippen molar-refractivity contribution in [3.63, 3.8) is 0 Å². The van der Waals surface area contributed by atoms with Crippen molar-refractivity contribution in [1.29, 1.82) is 0 Å². The third-order valence-corrected chi connectivity index (χ3v) is 9.42. The standard InChI is InChI=1S/C37H44ClN5O5/c1-26(2)48-34-6-4-3-5-33(34)43-35(24-41-17-19-42(20-18-41)36(45)25-47-30-10-8-29(38)9-11-30)39-32-12-7-28(23-31(32)37(43)46)27-13-15-40(16-14-27)21-22-44/h3-12,23,26-27,44H,13-22,24-25H2,1-2H3. The molecule has 2 aliphatic heterocycles. The van der Waals surface area contributed by atoms with Crippen molar-refractivity contribution in [2.45, 2.75) is 45.3 Å². The van der Waals surface area contributed by atoms with Crippen LogP contribution in [-0.2, 0) is 11.3 Å². The van der Waals surface area contributed by atoms with Crippen LogP contribution in [-0.4, -0.2) is 100 Å². The van der Waals surface area contributed by atoms with Gasteiger partial charge in [-0.15, -0.1) is 0 Å². The molecule has 11 heteroatoms. The number of para-hydroxylation sites is 2. The second-order valence-corrected chi connectivity index (χ2v) is 13.3. The third kappa shape index (κ3) is 8.01. The molecule has 2 saturated heterocycles. The van der Waals surface area contributed by atoms with Gasteiger partial charge in [-0.25, -0.2) is 4.98 Å². The number of ether oxygens (including phenoxy) is 2. The van der Waals surface area contributed by atoms with Crippen molar-refractivity contribution < 1.29 is 19.4 Å². The van der Waals surface area contributed by atoms with Gasteiger partial charge in [0.25, 0.3) is 11.5 Å². The van der Waals surface area contributed by atoms with Gasteiger partial charge in [-0.1, -0.05) is 29.8 Å². The number of fused-ring (bicyclic) bond motifs is 1. The van der Waals surface area contributed by atoms with E-state index in [4.69, 9.17) is 26.1 Å². The number of carbonyl (C=O) groups excluding carboxylic acids is 1. The zero-order chi connectivity index (χ0) is 33.6. The highest BCUT2D eigenvalue weighted by Gasteiger charge is 2.26. The van der Waals surface area contributed by atoms with Crippen LogP contribution in [0.5, 0.6) is 11.5 Å². The predicted molar refractivity (Wildman–Crippen MR) is 187 cm³/mol. The van der Waals surface area contributed by atoms with E-state index in [-0.39, 0.29) is 30.8 Å². The SMILES string of the molecule is CC(C)Oc1ccccc1-n1c(CN2CCN(C(=O)COc3ccc(Cl)cc3)CC2)nc2ccc(C3CCN(CCO)CC3)cc2c1=O. The first-order valence-corrected chi connectivity index (χ1v) is 17.2. The Kier molecular flexibility index (Phi) is 11.0. The lowest BCUT2D eigenvalue weighted by molar-refractivity contribution is -0.135. The molecular formula is C37H44ClN5O5. The maximum atomic E-state index is 14.5. The molecule has 10 nitrogen and oxygen atoms in total. The largest absolute Gasteiger partial charge is 0.489 e. The van der Waals surface area contributed by atoms with E-state index in [1.807, 2.05) is 55.1 Å². The van der Waals surface area contributed by atoms with Crippen LogP contribution in [0.3, 0.4) is 0 Å². The summed E-state index contributed by atoms with van der Waals surface area (Å²) in [6.07, 6.45) is 1.90. The van der Waals surface area contributed by atoms with Gasteiger partial charge in [0.15, 0.2) is 6.61 Å². The van der Waals surface area contributed by atoms with Gasteiger partial charge in [-0.2, -0.15) is 0 Å². The number of nitrogens with zero attached hydrogens (tertiary/aromatic N) is 5. The number of halogens is 1. The topological polar surface area (TPSA) is 100 Å². The van der Waals surface area contributed by atoms with Gasteiger partial charge in [0.1, 0.15) is 17.3 Å². The van der Waals surface area contributed by atoms with Crippen LogP contribution in [0, 0.1) is 0 Å². The highest BCUT2D eigenvalue weighted by molar-refractivity contribution is 6.30. The number of hydrogen-bond donors (Lipinski definition) is 1. The first-order chi connectivity index (χ1) is 23.3. The van der Waals surface area contributed by atoms with Crippen LogP contribution in [0.2, 0.25) is 5.02 Å². The molecule has 1 amide bonds. The van der Waals surface area contributed by atoms with Crippen molar-refractivity contribution in [3.8, 4) is 17.2 Å². The molecule has 0 atom stereocenters. The molecule has 1 aromatic heterocycles. The molecule has 0 unspecified atom stereocenters. The molecule has 6 rings (SSSR count). The molecule has 48 heavy (non-hydrogen) atoms. The van der Waals surface area contributed by atoms with Gasteiger partial charge >= 0.3 is 0 Å². The average molecular weight is 674 g/mol. The maximum Gasteiger partial charge on any atom is 0.266 e. The zero-order valence-electron chi connectivity index (χ0n) is 27.7. The number of rotatable bonds is 11. The van der Waals surface area contributed by atoms with Crippen LogP contribution in [0.4, 0.5) is 0 Å². The van der Waals surface area contributed by atoms with E-state index >= 15 is 0 Å². The summed E-state index contributed by atoms with van der Waals surface area (Å²) >= 11 is 5.95. The monoisotopic (exact) mass is 673 g/mol. The van der Waals surface area contributed by atoms with E-state index in [1.165, 1.54) is 0 Å². The average Bonchev–Trinajstić information content (AvgIpc) is 3.09. The molecule has 2 aliphatic rings. The fourth-order valence-electron chi connectivity index (χ4n) is 6.61. The Balaban J connectivity index is 1.24. The number of likely N-dealkylation sites (tertiary alicyclic amines) is 1. The molecule has 3 heterocycles. The fourth-order valence-corrected chi connectivity index (χ4v) is 6.73. The number of carbonyl (C=O) groups is 1. The summed E-state index contributed by atoms with van der Waals surface area (Å²) in [6.45, 7) is 9.45. The number of piperazine rings is 1. The number of aromatic nitrogens is 2. The number of β-amino-alcohol motifs (C(OH)–C–C–N with tert-alkyl or cyclic N) is 1. The minimum absolute atomic E-state index is 0.0379. The number of piperidine rings is 1. The highest BCUT2D eigenvalue weighted by atomic mass is 35.5. The third-order valence-electron chi connectivity index (χ3n) is 9.17. The minimum Gasteiger partial charge on any atom is -0.489 e. The van der Waals surface area contributed by atoms with Crippen molar-refractivity contribution in [3.05, 3.63) is 93.5 Å². The van der Waals surface area contributed by atoms with Crippen LogP contribution < -0.4 is 15.0 Å².